The molecule has 4 heterocycles. The zero-order valence-corrected chi connectivity index (χ0v) is 28.2. The minimum absolute atomic E-state index is 0.703. The van der Waals surface area contributed by atoms with E-state index < -0.39 is 0 Å². The van der Waals surface area contributed by atoms with Crippen LogP contribution in [-0.2, 0) is 0 Å². The molecule has 0 saturated carbocycles. The summed E-state index contributed by atoms with van der Waals surface area (Å²) in [6.07, 6.45) is 0. The van der Waals surface area contributed by atoms with Gasteiger partial charge in [0.1, 0.15) is 0 Å². The standard InChI is InChI=1S/C44H26N4S2/c1-4-14-27(15-5-1)34-26-35(28-16-6-2-7-17-28)46-43(45-34)32-22-13-25-37-38(32)31-21-12-23-33(41(31)50-37)44-47-39(29-18-8-3-9-19-29)42-40(48-44)30-20-10-11-24-36(30)49-42/h1-26H. The van der Waals surface area contributed by atoms with Gasteiger partial charge in [0.05, 0.1) is 27.3 Å². The summed E-state index contributed by atoms with van der Waals surface area (Å²) < 4.78 is 4.64. The number of hydrogen-bond acceptors (Lipinski definition) is 6. The van der Waals surface area contributed by atoms with E-state index in [0.29, 0.717) is 5.82 Å². The smallest absolute Gasteiger partial charge is 0.161 e. The molecule has 0 amide bonds. The van der Waals surface area contributed by atoms with Gasteiger partial charge in [-0.05, 0) is 24.3 Å². The second-order valence-corrected chi connectivity index (χ2v) is 14.3. The predicted octanol–water partition coefficient (Wildman–Crippen LogP) is 12.3. The molecule has 0 aliphatic rings. The van der Waals surface area contributed by atoms with Gasteiger partial charge in [-0.15, -0.1) is 22.7 Å². The number of nitrogens with zero attached hydrogens (tertiary/aromatic N) is 4. The summed E-state index contributed by atoms with van der Waals surface area (Å²) in [5, 5.41) is 3.45. The van der Waals surface area contributed by atoms with Crippen molar-refractivity contribution in [3.05, 3.63) is 158 Å². The second kappa shape index (κ2) is 11.8. The Labute approximate surface area is 296 Å². The fourth-order valence-corrected chi connectivity index (χ4v) is 9.19. The summed E-state index contributed by atoms with van der Waals surface area (Å²) in [5.41, 5.74) is 8.97. The summed E-state index contributed by atoms with van der Waals surface area (Å²) >= 11 is 3.53. The maximum atomic E-state index is 5.31. The summed E-state index contributed by atoms with van der Waals surface area (Å²) in [6, 6.07) is 54.7. The van der Waals surface area contributed by atoms with Crippen LogP contribution in [-0.4, -0.2) is 19.9 Å². The van der Waals surface area contributed by atoms with E-state index in [1.165, 1.54) is 9.40 Å². The van der Waals surface area contributed by atoms with Gasteiger partial charge in [0.15, 0.2) is 11.6 Å². The van der Waals surface area contributed by atoms with Crippen molar-refractivity contribution in [1.29, 1.82) is 0 Å². The van der Waals surface area contributed by atoms with Gasteiger partial charge in [-0.25, -0.2) is 19.9 Å². The molecule has 0 saturated heterocycles. The number of hydrogen-bond donors (Lipinski definition) is 0. The molecule has 0 fully saturated rings. The second-order valence-electron chi connectivity index (χ2n) is 12.2. The van der Waals surface area contributed by atoms with Crippen molar-refractivity contribution in [2.45, 2.75) is 0 Å². The molecule has 234 valence electrons. The third-order valence-electron chi connectivity index (χ3n) is 9.14. The van der Waals surface area contributed by atoms with Crippen LogP contribution in [0.3, 0.4) is 0 Å². The summed E-state index contributed by atoms with van der Waals surface area (Å²) in [6.45, 7) is 0. The lowest BCUT2D eigenvalue weighted by molar-refractivity contribution is 1.19. The van der Waals surface area contributed by atoms with Gasteiger partial charge in [0.25, 0.3) is 0 Å². The van der Waals surface area contributed by atoms with Crippen molar-refractivity contribution in [1.82, 2.24) is 19.9 Å². The quantitative estimate of drug-likeness (QED) is 0.182. The van der Waals surface area contributed by atoms with E-state index in [9.17, 15) is 0 Å². The largest absolute Gasteiger partial charge is 0.228 e. The molecule has 50 heavy (non-hydrogen) atoms. The van der Waals surface area contributed by atoms with Crippen LogP contribution in [0.2, 0.25) is 0 Å². The van der Waals surface area contributed by atoms with E-state index in [2.05, 4.69) is 140 Å². The molecule has 4 aromatic heterocycles. The molecule has 0 spiro atoms. The highest BCUT2D eigenvalue weighted by Crippen LogP contribution is 2.45. The topological polar surface area (TPSA) is 51.6 Å². The lowest BCUT2D eigenvalue weighted by Gasteiger charge is -2.10. The Morgan fingerprint density at radius 3 is 1.64 bits per heavy atom. The van der Waals surface area contributed by atoms with Crippen molar-refractivity contribution in [3.8, 4) is 56.5 Å². The molecule has 0 radical (unpaired) electrons. The molecule has 0 atom stereocenters. The fraction of sp³-hybridized carbons (Fsp3) is 0. The first-order chi connectivity index (χ1) is 24.8. The lowest BCUT2D eigenvalue weighted by atomic mass is 10.0. The van der Waals surface area contributed by atoms with Gasteiger partial charge in [0, 0.05) is 58.1 Å². The molecule has 10 rings (SSSR count). The Hall–Kier alpha value is -6.08. The van der Waals surface area contributed by atoms with Gasteiger partial charge in [0.2, 0.25) is 0 Å². The van der Waals surface area contributed by atoms with Crippen LogP contribution in [0.4, 0.5) is 0 Å². The highest BCUT2D eigenvalue weighted by atomic mass is 32.1. The number of fused-ring (bicyclic) bond motifs is 6. The average Bonchev–Trinajstić information content (AvgIpc) is 3.77. The Balaban J connectivity index is 1.21. The minimum Gasteiger partial charge on any atom is -0.228 e. The van der Waals surface area contributed by atoms with E-state index in [1.807, 2.05) is 18.2 Å². The van der Waals surface area contributed by atoms with E-state index in [-0.39, 0.29) is 0 Å². The van der Waals surface area contributed by atoms with Crippen molar-refractivity contribution in [2.24, 2.45) is 0 Å². The van der Waals surface area contributed by atoms with Crippen LogP contribution < -0.4 is 0 Å². The van der Waals surface area contributed by atoms with Crippen molar-refractivity contribution in [3.63, 3.8) is 0 Å². The summed E-state index contributed by atoms with van der Waals surface area (Å²) in [7, 11) is 0. The molecule has 0 N–H and O–H groups in total. The lowest BCUT2D eigenvalue weighted by Crippen LogP contribution is -1.96. The highest BCUT2D eigenvalue weighted by molar-refractivity contribution is 7.26. The van der Waals surface area contributed by atoms with Crippen LogP contribution in [0.25, 0.3) is 97.0 Å². The first-order valence-electron chi connectivity index (χ1n) is 16.5. The monoisotopic (exact) mass is 674 g/mol. The van der Waals surface area contributed by atoms with Crippen molar-refractivity contribution in [2.75, 3.05) is 0 Å². The number of thiophene rings is 2. The van der Waals surface area contributed by atoms with Gasteiger partial charge in [-0.3, -0.25) is 0 Å². The van der Waals surface area contributed by atoms with Crippen LogP contribution >= 0.6 is 22.7 Å². The fourth-order valence-electron chi connectivity index (χ4n) is 6.79. The maximum Gasteiger partial charge on any atom is 0.161 e. The normalized spacial score (nSPS) is 11.6. The van der Waals surface area contributed by atoms with E-state index >= 15 is 0 Å². The number of aromatic nitrogens is 4. The molecule has 0 aliphatic carbocycles. The Bertz CT molecular complexity index is 2800. The molecular formula is C44H26N4S2. The Morgan fingerprint density at radius 1 is 0.380 bits per heavy atom. The number of benzene rings is 6. The molecule has 10 aromatic rings. The first-order valence-corrected chi connectivity index (χ1v) is 18.1. The maximum absolute atomic E-state index is 5.31. The van der Waals surface area contributed by atoms with Crippen LogP contribution in [0, 0.1) is 0 Å². The molecule has 0 bridgehead atoms. The SMILES string of the molecule is c1ccc(-c2cc(-c3ccccc3)nc(-c3cccc4sc5c(-c6nc(-c7ccccc7)c7sc8ccccc8c7n6)cccc5c34)n2)cc1. The molecule has 6 aromatic carbocycles. The third kappa shape index (κ3) is 4.80. The molecular weight excluding hydrogens is 649 g/mol. The molecule has 0 unspecified atom stereocenters. The summed E-state index contributed by atoms with van der Waals surface area (Å²) in [4.78, 5) is 21.0. The van der Waals surface area contributed by atoms with Gasteiger partial charge < -0.3 is 0 Å². The zero-order chi connectivity index (χ0) is 33.0. The van der Waals surface area contributed by atoms with Gasteiger partial charge in [-0.2, -0.15) is 0 Å². The molecule has 6 heteroatoms. The van der Waals surface area contributed by atoms with Crippen LogP contribution in [0.5, 0.6) is 0 Å². The van der Waals surface area contributed by atoms with Crippen LogP contribution in [0.15, 0.2) is 158 Å². The van der Waals surface area contributed by atoms with Crippen molar-refractivity contribution < 1.29 is 0 Å². The third-order valence-corrected chi connectivity index (χ3v) is 11.5. The summed E-state index contributed by atoms with van der Waals surface area (Å²) in [5.74, 6) is 1.43. The van der Waals surface area contributed by atoms with Crippen LogP contribution in [0.1, 0.15) is 0 Å². The van der Waals surface area contributed by atoms with Gasteiger partial charge >= 0.3 is 0 Å². The molecule has 4 nitrogen and oxygen atoms in total. The van der Waals surface area contributed by atoms with Crippen molar-refractivity contribution >= 4 is 63.1 Å². The Kier molecular flexibility index (Phi) is 6.82. The minimum atomic E-state index is 0.703. The predicted molar refractivity (Wildman–Crippen MR) is 211 cm³/mol. The van der Waals surface area contributed by atoms with E-state index in [1.54, 1.807) is 22.7 Å². The van der Waals surface area contributed by atoms with E-state index in [0.717, 1.165) is 81.8 Å². The first kappa shape index (κ1) is 28.9. The van der Waals surface area contributed by atoms with Gasteiger partial charge in [-0.1, -0.05) is 133 Å². The molecule has 0 aliphatic heterocycles. The zero-order valence-electron chi connectivity index (χ0n) is 26.6. The van der Waals surface area contributed by atoms with E-state index in [4.69, 9.17) is 19.9 Å². The average molecular weight is 675 g/mol. The highest BCUT2D eigenvalue weighted by Gasteiger charge is 2.21. The Morgan fingerprint density at radius 2 is 0.920 bits per heavy atom. The number of rotatable bonds is 5.